The first kappa shape index (κ1) is 8.75. The number of hydrogen-bond acceptors (Lipinski definition) is 1. The molecule has 2 rings (SSSR count). The van der Waals surface area contributed by atoms with Crippen molar-refractivity contribution < 1.29 is 8.81 Å². The van der Waals surface area contributed by atoms with Crippen molar-refractivity contribution in [1.82, 2.24) is 0 Å². The lowest BCUT2D eigenvalue weighted by Gasteiger charge is -1.91. The molecular weight excluding hydrogens is 235 g/mol. The summed E-state index contributed by atoms with van der Waals surface area (Å²) < 4.78 is 19.0. The fraction of sp³-hybridized carbons (Fsp3) is 0.200. The zero-order chi connectivity index (χ0) is 9.42. The number of hydrogen-bond donors (Lipinski definition) is 0. The van der Waals surface area contributed by atoms with Crippen molar-refractivity contribution in [1.29, 1.82) is 0 Å². The molecule has 0 saturated heterocycles. The van der Waals surface area contributed by atoms with Crippen LogP contribution in [0.1, 0.15) is 12.5 Å². The van der Waals surface area contributed by atoms with Crippen LogP contribution in [-0.2, 0) is 6.42 Å². The standard InChI is InChI=1S/C10H8BrFO/c1-2-7-8-5-6(12)3-4-9(8)13-10(7)11/h3-5H,2H2,1H3. The lowest BCUT2D eigenvalue weighted by molar-refractivity contribution is 0.580. The van der Waals surface area contributed by atoms with Crippen molar-refractivity contribution in [2.24, 2.45) is 0 Å². The monoisotopic (exact) mass is 242 g/mol. The van der Waals surface area contributed by atoms with Gasteiger partial charge in [-0.2, -0.15) is 0 Å². The number of benzene rings is 1. The van der Waals surface area contributed by atoms with Gasteiger partial charge in [-0.15, -0.1) is 0 Å². The summed E-state index contributed by atoms with van der Waals surface area (Å²) in [5.41, 5.74) is 1.75. The van der Waals surface area contributed by atoms with Gasteiger partial charge in [0.05, 0.1) is 0 Å². The summed E-state index contributed by atoms with van der Waals surface area (Å²) >= 11 is 3.31. The number of fused-ring (bicyclic) bond motifs is 1. The Bertz CT molecular complexity index is 447. The average Bonchev–Trinajstić information content (AvgIpc) is 2.40. The number of aryl methyl sites for hydroxylation is 1. The Hall–Kier alpha value is -0.830. The van der Waals surface area contributed by atoms with Crippen LogP contribution in [-0.4, -0.2) is 0 Å². The molecule has 0 fully saturated rings. The van der Waals surface area contributed by atoms with Crippen LogP contribution in [0.15, 0.2) is 27.3 Å². The predicted molar refractivity (Wildman–Crippen MR) is 53.3 cm³/mol. The molecule has 3 heteroatoms. The minimum atomic E-state index is -0.226. The number of halogens is 2. The van der Waals surface area contributed by atoms with E-state index in [9.17, 15) is 4.39 Å². The van der Waals surface area contributed by atoms with Crippen LogP contribution in [0.25, 0.3) is 11.0 Å². The van der Waals surface area contributed by atoms with Crippen LogP contribution < -0.4 is 0 Å². The smallest absolute Gasteiger partial charge is 0.173 e. The maximum Gasteiger partial charge on any atom is 0.173 e. The van der Waals surface area contributed by atoms with Gasteiger partial charge in [0.25, 0.3) is 0 Å². The molecule has 0 aliphatic rings. The van der Waals surface area contributed by atoms with E-state index in [1.807, 2.05) is 6.92 Å². The minimum absolute atomic E-state index is 0.226. The SMILES string of the molecule is CCc1c(Br)oc2ccc(F)cc12. The fourth-order valence-electron chi connectivity index (χ4n) is 1.42. The number of rotatable bonds is 1. The molecule has 13 heavy (non-hydrogen) atoms. The van der Waals surface area contributed by atoms with E-state index in [0.717, 1.165) is 23.0 Å². The van der Waals surface area contributed by atoms with E-state index >= 15 is 0 Å². The predicted octanol–water partition coefficient (Wildman–Crippen LogP) is 3.90. The van der Waals surface area contributed by atoms with Crippen LogP contribution in [0.3, 0.4) is 0 Å². The Morgan fingerprint density at radius 2 is 2.23 bits per heavy atom. The quantitative estimate of drug-likeness (QED) is 0.740. The van der Waals surface area contributed by atoms with Crippen molar-refractivity contribution in [3.63, 3.8) is 0 Å². The van der Waals surface area contributed by atoms with E-state index in [1.54, 1.807) is 6.07 Å². The highest BCUT2D eigenvalue weighted by molar-refractivity contribution is 9.10. The van der Waals surface area contributed by atoms with Gasteiger partial charge in [0.15, 0.2) is 4.67 Å². The van der Waals surface area contributed by atoms with Crippen LogP contribution in [0.4, 0.5) is 4.39 Å². The molecule has 68 valence electrons. The molecule has 2 aromatic rings. The van der Waals surface area contributed by atoms with Crippen molar-refractivity contribution in [2.75, 3.05) is 0 Å². The molecule has 0 atom stereocenters. The van der Waals surface area contributed by atoms with Gasteiger partial charge in [-0.05, 0) is 40.5 Å². The molecule has 0 aliphatic carbocycles. The van der Waals surface area contributed by atoms with Crippen molar-refractivity contribution in [3.8, 4) is 0 Å². The normalized spacial score (nSPS) is 11.0. The topological polar surface area (TPSA) is 13.1 Å². The van der Waals surface area contributed by atoms with E-state index in [2.05, 4.69) is 15.9 Å². The highest BCUT2D eigenvalue weighted by Crippen LogP contribution is 2.30. The first-order valence-corrected chi connectivity index (χ1v) is 4.88. The van der Waals surface area contributed by atoms with Crippen molar-refractivity contribution in [2.45, 2.75) is 13.3 Å². The van der Waals surface area contributed by atoms with E-state index in [-0.39, 0.29) is 5.82 Å². The third-order valence-electron chi connectivity index (χ3n) is 2.06. The van der Waals surface area contributed by atoms with Gasteiger partial charge < -0.3 is 4.42 Å². The molecule has 0 bridgehead atoms. The van der Waals surface area contributed by atoms with Crippen LogP contribution in [0.2, 0.25) is 0 Å². The summed E-state index contributed by atoms with van der Waals surface area (Å²) in [6.07, 6.45) is 0.830. The average molecular weight is 243 g/mol. The molecule has 0 unspecified atom stereocenters. The summed E-state index contributed by atoms with van der Waals surface area (Å²) in [6.45, 7) is 2.01. The molecular formula is C10H8BrFO. The molecule has 1 aromatic heterocycles. The zero-order valence-electron chi connectivity index (χ0n) is 7.10. The zero-order valence-corrected chi connectivity index (χ0v) is 8.69. The summed E-state index contributed by atoms with van der Waals surface area (Å²) in [5, 5.41) is 0.856. The van der Waals surface area contributed by atoms with E-state index in [0.29, 0.717) is 4.67 Å². The Balaban J connectivity index is 2.80. The second-order valence-electron chi connectivity index (χ2n) is 2.85. The molecule has 0 saturated carbocycles. The second kappa shape index (κ2) is 3.14. The van der Waals surface area contributed by atoms with Gasteiger partial charge in [0, 0.05) is 10.9 Å². The summed E-state index contributed by atoms with van der Waals surface area (Å²) in [6, 6.07) is 4.55. The third-order valence-corrected chi connectivity index (χ3v) is 2.70. The molecule has 1 aromatic carbocycles. The van der Waals surface area contributed by atoms with Crippen LogP contribution >= 0.6 is 15.9 Å². The van der Waals surface area contributed by atoms with E-state index in [1.165, 1.54) is 12.1 Å². The van der Waals surface area contributed by atoms with Crippen LogP contribution in [0.5, 0.6) is 0 Å². The van der Waals surface area contributed by atoms with Gasteiger partial charge in [-0.3, -0.25) is 0 Å². The maximum atomic E-state index is 12.9. The van der Waals surface area contributed by atoms with Gasteiger partial charge in [-0.1, -0.05) is 6.92 Å². The second-order valence-corrected chi connectivity index (χ2v) is 3.57. The van der Waals surface area contributed by atoms with Gasteiger partial charge in [0.1, 0.15) is 11.4 Å². The largest absolute Gasteiger partial charge is 0.449 e. The first-order valence-electron chi connectivity index (χ1n) is 4.08. The van der Waals surface area contributed by atoms with Crippen LogP contribution in [0, 0.1) is 5.82 Å². The fourth-order valence-corrected chi connectivity index (χ4v) is 2.09. The molecule has 0 N–H and O–H groups in total. The van der Waals surface area contributed by atoms with Gasteiger partial charge in [-0.25, -0.2) is 4.39 Å². The summed E-state index contributed by atoms with van der Waals surface area (Å²) in [4.78, 5) is 0. The Kier molecular flexibility index (Phi) is 2.12. The Morgan fingerprint density at radius 3 is 2.92 bits per heavy atom. The van der Waals surface area contributed by atoms with E-state index < -0.39 is 0 Å². The molecule has 0 radical (unpaired) electrons. The minimum Gasteiger partial charge on any atom is -0.449 e. The Labute approximate surface area is 83.7 Å². The molecule has 0 spiro atoms. The molecule has 1 heterocycles. The Morgan fingerprint density at radius 1 is 1.46 bits per heavy atom. The third kappa shape index (κ3) is 1.37. The van der Waals surface area contributed by atoms with Gasteiger partial charge >= 0.3 is 0 Å². The lowest BCUT2D eigenvalue weighted by atomic mass is 10.1. The highest BCUT2D eigenvalue weighted by Gasteiger charge is 2.10. The summed E-state index contributed by atoms with van der Waals surface area (Å²) in [7, 11) is 0. The molecule has 1 nitrogen and oxygen atoms in total. The van der Waals surface area contributed by atoms with E-state index in [4.69, 9.17) is 4.42 Å². The molecule has 0 amide bonds. The highest BCUT2D eigenvalue weighted by atomic mass is 79.9. The number of furan rings is 1. The van der Waals surface area contributed by atoms with Crippen molar-refractivity contribution >= 4 is 26.9 Å². The molecule has 0 aliphatic heterocycles. The lowest BCUT2D eigenvalue weighted by Crippen LogP contribution is -1.78. The summed E-state index contributed by atoms with van der Waals surface area (Å²) in [5.74, 6) is -0.226. The van der Waals surface area contributed by atoms with Gasteiger partial charge in [0.2, 0.25) is 0 Å². The van der Waals surface area contributed by atoms with Crippen molar-refractivity contribution in [3.05, 3.63) is 34.2 Å². The maximum absolute atomic E-state index is 12.9. The first-order chi connectivity index (χ1) is 6.22.